The molecule has 0 spiro atoms. The van der Waals surface area contributed by atoms with E-state index < -0.39 is 0 Å². The van der Waals surface area contributed by atoms with E-state index in [1.165, 1.54) is 6.26 Å². The van der Waals surface area contributed by atoms with Crippen molar-refractivity contribution in [3.05, 3.63) is 54.0 Å². The van der Waals surface area contributed by atoms with Crippen molar-refractivity contribution in [2.24, 2.45) is 5.92 Å². The highest BCUT2D eigenvalue weighted by Gasteiger charge is 2.32. The number of nitrogens with one attached hydrogen (secondary N) is 1. The van der Waals surface area contributed by atoms with E-state index in [1.54, 1.807) is 6.07 Å². The second-order valence-corrected chi connectivity index (χ2v) is 5.81. The van der Waals surface area contributed by atoms with Gasteiger partial charge in [0, 0.05) is 18.2 Å². The maximum Gasteiger partial charge on any atom is 0.287 e. The van der Waals surface area contributed by atoms with Gasteiger partial charge in [0.05, 0.1) is 6.26 Å². The van der Waals surface area contributed by atoms with Crippen molar-refractivity contribution in [3.63, 3.8) is 0 Å². The molecule has 1 unspecified atom stereocenters. The molecule has 122 valence electrons. The van der Waals surface area contributed by atoms with Gasteiger partial charge in [-0.3, -0.25) is 4.79 Å². The molecule has 1 aliphatic rings. The molecule has 1 aromatic heterocycles. The van der Waals surface area contributed by atoms with Crippen LogP contribution in [0, 0.1) is 5.92 Å². The Morgan fingerprint density at radius 2 is 2.09 bits per heavy atom. The van der Waals surface area contributed by atoms with Gasteiger partial charge in [-0.25, -0.2) is 0 Å². The lowest BCUT2D eigenvalue weighted by molar-refractivity contribution is 0.0892. The predicted molar refractivity (Wildman–Crippen MR) is 85.2 cm³/mol. The van der Waals surface area contributed by atoms with Crippen molar-refractivity contribution in [1.29, 1.82) is 0 Å². The summed E-state index contributed by atoms with van der Waals surface area (Å²) in [5.74, 6) is 1.26. The highest BCUT2D eigenvalue weighted by atomic mass is 16.5. The fraction of sp³-hybridized carbons (Fsp3) is 0.389. The van der Waals surface area contributed by atoms with Crippen molar-refractivity contribution < 1.29 is 19.1 Å². The van der Waals surface area contributed by atoms with Gasteiger partial charge in [-0.1, -0.05) is 18.2 Å². The van der Waals surface area contributed by atoms with E-state index in [9.17, 15) is 4.79 Å². The first kappa shape index (κ1) is 15.6. The number of ether oxygens (including phenoxy) is 1. The minimum atomic E-state index is -0.244. The normalized spacial score (nSPS) is 15.2. The summed E-state index contributed by atoms with van der Waals surface area (Å²) in [6, 6.07) is 11.2. The summed E-state index contributed by atoms with van der Waals surface area (Å²) in [6.45, 7) is 0.348. The molecule has 1 aliphatic carbocycles. The number of benzene rings is 1. The molecule has 2 aromatic rings. The number of aliphatic hydroxyl groups is 1. The smallest absolute Gasteiger partial charge is 0.287 e. The van der Waals surface area contributed by atoms with Crippen LogP contribution < -0.4 is 10.1 Å². The summed E-state index contributed by atoms with van der Waals surface area (Å²) in [5.41, 5.74) is 0.713. The Labute approximate surface area is 135 Å². The van der Waals surface area contributed by atoms with Gasteiger partial charge in [0.1, 0.15) is 12.4 Å². The minimum Gasteiger partial charge on any atom is -0.489 e. The van der Waals surface area contributed by atoms with Gasteiger partial charge in [0.25, 0.3) is 5.91 Å². The molecule has 1 fully saturated rings. The van der Waals surface area contributed by atoms with Crippen LogP contribution in [-0.4, -0.2) is 23.7 Å². The van der Waals surface area contributed by atoms with Crippen molar-refractivity contribution in [3.8, 4) is 5.75 Å². The first-order chi connectivity index (χ1) is 11.3. The average Bonchev–Trinajstić information content (AvgIpc) is 3.31. The van der Waals surface area contributed by atoms with Gasteiger partial charge >= 0.3 is 0 Å². The molecule has 0 radical (unpaired) electrons. The Balaban J connectivity index is 1.61. The van der Waals surface area contributed by atoms with Crippen LogP contribution in [0.5, 0.6) is 5.75 Å². The zero-order chi connectivity index (χ0) is 16.1. The molecule has 0 aliphatic heterocycles. The molecule has 1 amide bonds. The lowest BCUT2D eigenvalue weighted by atomic mass is 10.1. The standard InChI is InChI=1S/C18H21NO4/c20-10-8-16(13-6-7-13)19-18(21)17-14(9-11-22-17)12-23-15-4-2-1-3-5-15/h1-5,9,11,13,16,20H,6-8,10,12H2,(H,19,21). The van der Waals surface area contributed by atoms with Crippen LogP contribution in [-0.2, 0) is 6.61 Å². The predicted octanol–water partition coefficient (Wildman–Crippen LogP) is 2.75. The average molecular weight is 315 g/mol. The Morgan fingerprint density at radius 1 is 1.30 bits per heavy atom. The molecule has 23 heavy (non-hydrogen) atoms. The fourth-order valence-electron chi connectivity index (χ4n) is 2.62. The third-order valence-corrected chi connectivity index (χ3v) is 4.04. The van der Waals surface area contributed by atoms with Gasteiger partial charge in [-0.15, -0.1) is 0 Å². The Hall–Kier alpha value is -2.27. The molecule has 1 aromatic carbocycles. The summed E-state index contributed by atoms with van der Waals surface area (Å²) in [7, 11) is 0. The Bertz CT molecular complexity index is 633. The Kier molecular flexibility index (Phi) is 4.98. The Morgan fingerprint density at radius 3 is 2.78 bits per heavy atom. The number of carbonyl (C=O) groups is 1. The van der Waals surface area contributed by atoms with Crippen LogP contribution in [0.25, 0.3) is 0 Å². The highest BCUT2D eigenvalue weighted by molar-refractivity contribution is 5.93. The van der Waals surface area contributed by atoms with Crippen LogP contribution in [0.15, 0.2) is 47.1 Å². The number of para-hydroxylation sites is 1. The van der Waals surface area contributed by atoms with E-state index in [4.69, 9.17) is 14.3 Å². The van der Waals surface area contributed by atoms with Crippen LogP contribution in [0.2, 0.25) is 0 Å². The molecule has 2 N–H and O–H groups in total. The molecular weight excluding hydrogens is 294 g/mol. The number of amides is 1. The van der Waals surface area contributed by atoms with Crippen molar-refractivity contribution in [2.75, 3.05) is 6.61 Å². The maximum atomic E-state index is 12.4. The first-order valence-electron chi connectivity index (χ1n) is 7.94. The summed E-state index contributed by atoms with van der Waals surface area (Å²) >= 11 is 0. The van der Waals surface area contributed by atoms with Crippen molar-refractivity contribution in [1.82, 2.24) is 5.32 Å². The van der Waals surface area contributed by atoms with Crippen LogP contribution in [0.4, 0.5) is 0 Å². The molecule has 1 atom stereocenters. The van der Waals surface area contributed by atoms with Crippen molar-refractivity contribution in [2.45, 2.75) is 31.9 Å². The highest BCUT2D eigenvalue weighted by Crippen LogP contribution is 2.34. The second-order valence-electron chi connectivity index (χ2n) is 5.81. The summed E-state index contributed by atoms with van der Waals surface area (Å²) < 4.78 is 11.0. The summed E-state index contributed by atoms with van der Waals surface area (Å²) in [4.78, 5) is 12.4. The van der Waals surface area contributed by atoms with Gasteiger partial charge in [0.2, 0.25) is 0 Å². The number of hydrogen-bond acceptors (Lipinski definition) is 4. The lowest BCUT2D eigenvalue weighted by Gasteiger charge is -2.16. The number of rotatable bonds is 8. The number of aliphatic hydroxyl groups excluding tert-OH is 1. The van der Waals surface area contributed by atoms with Crippen LogP contribution >= 0.6 is 0 Å². The van der Waals surface area contributed by atoms with Crippen LogP contribution in [0.1, 0.15) is 35.4 Å². The molecule has 0 saturated heterocycles. The molecule has 5 heteroatoms. The zero-order valence-electron chi connectivity index (χ0n) is 12.9. The first-order valence-corrected chi connectivity index (χ1v) is 7.94. The second kappa shape index (κ2) is 7.33. The van der Waals surface area contributed by atoms with E-state index in [1.807, 2.05) is 30.3 Å². The number of furan rings is 1. The molecule has 0 bridgehead atoms. The molecule has 1 saturated carbocycles. The fourth-order valence-corrected chi connectivity index (χ4v) is 2.62. The topological polar surface area (TPSA) is 71.7 Å². The molecular formula is C18H21NO4. The maximum absolute atomic E-state index is 12.4. The van der Waals surface area contributed by atoms with E-state index in [0.717, 1.165) is 18.6 Å². The van der Waals surface area contributed by atoms with E-state index in [0.29, 0.717) is 17.9 Å². The number of hydrogen-bond donors (Lipinski definition) is 2. The third kappa shape index (κ3) is 4.13. The molecule has 3 rings (SSSR count). The van der Waals surface area contributed by atoms with E-state index in [-0.39, 0.29) is 30.9 Å². The third-order valence-electron chi connectivity index (χ3n) is 4.04. The van der Waals surface area contributed by atoms with Gasteiger partial charge in [0.15, 0.2) is 5.76 Å². The van der Waals surface area contributed by atoms with E-state index in [2.05, 4.69) is 5.32 Å². The SMILES string of the molecule is O=C(NC(CCO)C1CC1)c1occc1COc1ccccc1. The zero-order valence-corrected chi connectivity index (χ0v) is 12.9. The largest absolute Gasteiger partial charge is 0.489 e. The lowest BCUT2D eigenvalue weighted by Crippen LogP contribution is -2.37. The van der Waals surface area contributed by atoms with Crippen LogP contribution in [0.3, 0.4) is 0 Å². The van der Waals surface area contributed by atoms with Gasteiger partial charge in [-0.2, -0.15) is 0 Å². The summed E-state index contributed by atoms with van der Waals surface area (Å²) in [5, 5.41) is 12.1. The van der Waals surface area contributed by atoms with Gasteiger partial charge < -0.3 is 19.6 Å². The van der Waals surface area contributed by atoms with Crippen molar-refractivity contribution >= 4 is 5.91 Å². The number of carbonyl (C=O) groups excluding carboxylic acids is 1. The quantitative estimate of drug-likeness (QED) is 0.786. The molecule has 5 nitrogen and oxygen atoms in total. The summed E-state index contributed by atoms with van der Waals surface area (Å²) in [6.07, 6.45) is 4.28. The van der Waals surface area contributed by atoms with Gasteiger partial charge in [-0.05, 0) is 43.4 Å². The molecule has 1 heterocycles. The monoisotopic (exact) mass is 315 g/mol. The van der Waals surface area contributed by atoms with E-state index >= 15 is 0 Å². The minimum absolute atomic E-state index is 0.0143.